The van der Waals surface area contributed by atoms with Gasteiger partial charge in [0.15, 0.2) is 0 Å². The summed E-state index contributed by atoms with van der Waals surface area (Å²) in [6.07, 6.45) is 17.6. The van der Waals surface area contributed by atoms with Crippen LogP contribution >= 0.6 is 7.60 Å². The third kappa shape index (κ3) is 20.3. The lowest BCUT2D eigenvalue weighted by molar-refractivity contribution is 0.0162. The van der Waals surface area contributed by atoms with E-state index in [1.54, 1.807) is 0 Å². The van der Waals surface area contributed by atoms with Gasteiger partial charge in [0.2, 0.25) is 0 Å². The van der Waals surface area contributed by atoms with Crippen LogP contribution in [0.2, 0.25) is 0 Å². The van der Waals surface area contributed by atoms with E-state index in [0.29, 0.717) is 19.6 Å². The van der Waals surface area contributed by atoms with Crippen molar-refractivity contribution in [1.29, 1.82) is 0 Å². The van der Waals surface area contributed by atoms with Crippen LogP contribution in [0.5, 0.6) is 0 Å². The molecular formula is C28H54N3O7P. The maximum Gasteiger partial charge on any atom is 0.353 e. The van der Waals surface area contributed by atoms with Crippen molar-refractivity contribution in [3.8, 4) is 0 Å². The Labute approximate surface area is 235 Å². The van der Waals surface area contributed by atoms with Gasteiger partial charge >= 0.3 is 13.3 Å². The molecule has 0 aliphatic rings. The number of anilines is 1. The van der Waals surface area contributed by atoms with Gasteiger partial charge in [0.25, 0.3) is 0 Å². The molecule has 0 radical (unpaired) electrons. The van der Waals surface area contributed by atoms with E-state index in [0.717, 1.165) is 12.3 Å². The van der Waals surface area contributed by atoms with Crippen molar-refractivity contribution in [3.05, 3.63) is 22.7 Å². The first kappa shape index (κ1) is 35.7. The molecule has 0 fully saturated rings. The Hall–Kier alpha value is -1.29. The van der Waals surface area contributed by atoms with E-state index in [1.165, 1.54) is 93.9 Å². The number of aliphatic hydroxyl groups is 1. The lowest BCUT2D eigenvalue weighted by Gasteiger charge is -2.19. The van der Waals surface area contributed by atoms with Gasteiger partial charge in [-0.05, 0) is 24.8 Å². The minimum Gasteiger partial charge on any atom is -0.394 e. The van der Waals surface area contributed by atoms with Crippen molar-refractivity contribution in [2.24, 2.45) is 5.92 Å². The zero-order chi connectivity index (χ0) is 28.8. The van der Waals surface area contributed by atoms with Crippen LogP contribution in [-0.2, 0) is 25.1 Å². The highest BCUT2D eigenvalue weighted by Gasteiger charge is 2.22. The van der Waals surface area contributed by atoms with Gasteiger partial charge in [-0.25, -0.2) is 4.79 Å². The Bertz CT molecular complexity index is 838. The molecule has 4 N–H and O–H groups in total. The van der Waals surface area contributed by atoms with Crippen LogP contribution in [-0.4, -0.2) is 58.4 Å². The first-order chi connectivity index (χ1) is 18.7. The normalized spacial score (nSPS) is 14.1. The Kier molecular flexibility index (Phi) is 20.5. The second kappa shape index (κ2) is 22.4. The Balaban J connectivity index is 1.93. The third-order valence-electron chi connectivity index (χ3n) is 6.52. The van der Waals surface area contributed by atoms with Gasteiger partial charge in [-0.1, -0.05) is 90.9 Å². The lowest BCUT2D eigenvalue weighted by atomic mass is 10.0. The molecule has 0 aliphatic carbocycles. The molecule has 0 spiro atoms. The number of ether oxygens (including phenoxy) is 2. The van der Waals surface area contributed by atoms with Gasteiger partial charge in [-0.3, -0.25) is 9.13 Å². The molecule has 2 atom stereocenters. The molecule has 0 aliphatic heterocycles. The second-order valence-electron chi connectivity index (χ2n) is 10.7. The van der Waals surface area contributed by atoms with Crippen molar-refractivity contribution in [3.63, 3.8) is 0 Å². The van der Waals surface area contributed by atoms with Crippen LogP contribution in [0.15, 0.2) is 17.1 Å². The monoisotopic (exact) mass is 575 g/mol. The van der Waals surface area contributed by atoms with Crippen LogP contribution in [0, 0.1) is 5.92 Å². The van der Waals surface area contributed by atoms with E-state index in [-0.39, 0.29) is 19.0 Å². The van der Waals surface area contributed by atoms with E-state index >= 15 is 0 Å². The van der Waals surface area contributed by atoms with Gasteiger partial charge in [-0.15, -0.1) is 0 Å². The summed E-state index contributed by atoms with van der Waals surface area (Å²) in [5.74, 6) is 0.927. The zero-order valence-electron chi connectivity index (χ0n) is 24.3. The van der Waals surface area contributed by atoms with E-state index in [9.17, 15) is 19.4 Å². The van der Waals surface area contributed by atoms with Crippen LogP contribution < -0.4 is 11.4 Å². The molecule has 0 saturated carbocycles. The van der Waals surface area contributed by atoms with E-state index < -0.39 is 32.3 Å². The average Bonchev–Trinajstić information content (AvgIpc) is 2.88. The average molecular weight is 576 g/mol. The Morgan fingerprint density at radius 1 is 0.923 bits per heavy atom. The summed E-state index contributed by atoms with van der Waals surface area (Å²) in [4.78, 5) is 25.3. The minimum atomic E-state index is -3.99. The number of hydrogen-bond donors (Lipinski definition) is 3. The summed E-state index contributed by atoms with van der Waals surface area (Å²) in [6, 6.07) is 1.44. The summed E-state index contributed by atoms with van der Waals surface area (Å²) in [7, 11) is -3.99. The van der Waals surface area contributed by atoms with E-state index in [2.05, 4.69) is 18.8 Å². The molecule has 1 aromatic heterocycles. The lowest BCUT2D eigenvalue weighted by Crippen LogP contribution is -2.32. The zero-order valence-corrected chi connectivity index (χ0v) is 25.2. The second-order valence-corrected chi connectivity index (χ2v) is 12.5. The Morgan fingerprint density at radius 3 is 2.05 bits per heavy atom. The van der Waals surface area contributed by atoms with Crippen molar-refractivity contribution in [2.45, 2.75) is 116 Å². The summed E-state index contributed by atoms with van der Waals surface area (Å²) < 4.78 is 29.4. The highest BCUT2D eigenvalue weighted by Crippen LogP contribution is 2.42. The van der Waals surface area contributed by atoms with Crippen molar-refractivity contribution in [2.75, 3.05) is 38.5 Å². The molecule has 228 valence electrons. The fraction of sp³-hybridized carbons (Fsp3) is 0.857. The van der Waals surface area contributed by atoms with Crippen LogP contribution in [0.1, 0.15) is 104 Å². The van der Waals surface area contributed by atoms with Crippen LogP contribution in [0.25, 0.3) is 0 Å². The van der Waals surface area contributed by atoms with Gasteiger partial charge < -0.3 is 29.7 Å². The number of hydrogen-bond acceptors (Lipinski definition) is 8. The summed E-state index contributed by atoms with van der Waals surface area (Å²) in [6.45, 7) is 5.35. The fourth-order valence-electron chi connectivity index (χ4n) is 4.20. The van der Waals surface area contributed by atoms with Crippen LogP contribution in [0.3, 0.4) is 0 Å². The predicted octanol–water partition coefficient (Wildman–Crippen LogP) is 5.50. The maximum atomic E-state index is 12.2. The maximum absolute atomic E-state index is 12.2. The van der Waals surface area contributed by atoms with E-state index in [4.69, 9.17) is 19.7 Å². The van der Waals surface area contributed by atoms with Gasteiger partial charge in [0, 0.05) is 19.4 Å². The number of unbranched alkanes of at least 4 members (excludes halogenated alkanes) is 11. The third-order valence-corrected chi connectivity index (χ3v) is 7.58. The molecule has 0 aromatic carbocycles. The van der Waals surface area contributed by atoms with Gasteiger partial charge in [0.1, 0.15) is 12.2 Å². The molecule has 39 heavy (non-hydrogen) atoms. The molecule has 2 unspecified atom stereocenters. The summed E-state index contributed by atoms with van der Waals surface area (Å²) >= 11 is 0. The number of aromatic nitrogens is 2. The molecule has 1 heterocycles. The highest BCUT2D eigenvalue weighted by atomic mass is 31.2. The molecular weight excluding hydrogens is 521 g/mol. The molecule has 0 saturated heterocycles. The van der Waals surface area contributed by atoms with Gasteiger partial charge in [-0.2, -0.15) is 4.98 Å². The number of nitrogens with zero attached hydrogens (tertiary/aromatic N) is 2. The number of nitrogens with two attached hydrogens (primary N) is 1. The molecule has 1 rings (SSSR count). The number of aliphatic hydroxyl groups excluding tert-OH is 1. The largest absolute Gasteiger partial charge is 0.394 e. The fourth-order valence-corrected chi connectivity index (χ4v) is 5.08. The molecule has 10 nitrogen and oxygen atoms in total. The van der Waals surface area contributed by atoms with Crippen LogP contribution in [0.4, 0.5) is 5.82 Å². The molecule has 0 amide bonds. The predicted molar refractivity (Wildman–Crippen MR) is 156 cm³/mol. The number of rotatable bonds is 26. The van der Waals surface area contributed by atoms with Crippen molar-refractivity contribution in [1.82, 2.24) is 9.55 Å². The van der Waals surface area contributed by atoms with Crippen molar-refractivity contribution < 1.29 is 28.6 Å². The first-order valence-electron chi connectivity index (χ1n) is 14.8. The smallest absolute Gasteiger partial charge is 0.353 e. The van der Waals surface area contributed by atoms with Gasteiger partial charge in [0.05, 0.1) is 25.9 Å². The standard InChI is InChI=1S/C28H54N3O7P/c1-25(2)16-13-11-9-7-5-3-4-6-8-10-12-14-19-36-20-15-21-38-39(34,35)24-37-26(23-32)22-31-18-17-27(29)30-28(31)33/h17-18,25-26,32H,3-16,19-24H2,1-2H3,(H,34,35)(H2,29,30,33). The van der Waals surface area contributed by atoms with Crippen molar-refractivity contribution >= 4 is 13.4 Å². The quantitative estimate of drug-likeness (QED) is 0.0963. The first-order valence-corrected chi connectivity index (χ1v) is 16.6. The minimum absolute atomic E-state index is 0.0325. The Morgan fingerprint density at radius 2 is 1.49 bits per heavy atom. The topological polar surface area (TPSA) is 146 Å². The molecule has 11 heteroatoms. The summed E-state index contributed by atoms with van der Waals surface area (Å²) in [5, 5.41) is 9.47. The highest BCUT2D eigenvalue weighted by molar-refractivity contribution is 7.52. The summed E-state index contributed by atoms with van der Waals surface area (Å²) in [5.41, 5.74) is 4.86. The van der Waals surface area contributed by atoms with E-state index in [1.807, 2.05) is 0 Å². The SMILES string of the molecule is CC(C)CCCCCCCCCCCCCCOCCCOP(=O)(O)COC(CO)Cn1ccc(N)nc1=O. The number of nitrogen functional groups attached to an aromatic ring is 1. The molecule has 1 aromatic rings. The molecule has 0 bridgehead atoms.